The lowest BCUT2D eigenvalue weighted by Gasteiger charge is -2.51. The van der Waals surface area contributed by atoms with Gasteiger partial charge in [0.2, 0.25) is 0 Å². The van der Waals surface area contributed by atoms with E-state index in [2.05, 4.69) is 5.10 Å². The van der Waals surface area contributed by atoms with E-state index in [4.69, 9.17) is 0 Å². The number of carbonyl (C=O) groups is 1. The van der Waals surface area contributed by atoms with Gasteiger partial charge in [-0.15, -0.1) is 0 Å². The number of nitrogens with one attached hydrogen (secondary N) is 1. The molecule has 1 aromatic carbocycles. The maximum absolute atomic E-state index is 14.4. The Bertz CT molecular complexity index is 819. The highest BCUT2D eigenvalue weighted by atomic mass is 19.4. The van der Waals surface area contributed by atoms with Gasteiger partial charge in [-0.25, -0.2) is 9.82 Å². The molecule has 0 radical (unpaired) electrons. The van der Waals surface area contributed by atoms with Crippen LogP contribution in [-0.4, -0.2) is 47.4 Å². The maximum Gasteiger partial charge on any atom is 0.384 e. The molecule has 0 unspecified atom stereocenters. The van der Waals surface area contributed by atoms with Crippen LogP contribution in [0.3, 0.4) is 0 Å². The van der Waals surface area contributed by atoms with Crippen LogP contribution < -0.4 is 5.43 Å². The molecule has 30 heavy (non-hydrogen) atoms. The van der Waals surface area contributed by atoms with E-state index < -0.39 is 41.2 Å². The normalized spacial score (nSPS) is 25.1. The number of hydrogen-bond donors (Lipinski definition) is 1. The third-order valence-electron chi connectivity index (χ3n) is 4.52. The summed E-state index contributed by atoms with van der Waals surface area (Å²) in [5, 5.41) is 2.77. The van der Waals surface area contributed by atoms with Gasteiger partial charge in [0.15, 0.2) is 0 Å². The number of halogens is 11. The zero-order valence-electron chi connectivity index (χ0n) is 14.6. The molecule has 1 aliphatic carbocycles. The molecule has 14 heteroatoms. The van der Waals surface area contributed by atoms with Crippen molar-refractivity contribution in [3.8, 4) is 0 Å². The predicted molar refractivity (Wildman–Crippen MR) is 80.1 cm³/mol. The largest absolute Gasteiger partial charge is 0.384 e. The van der Waals surface area contributed by atoms with Crippen LogP contribution in [0.4, 0.5) is 48.3 Å². The Morgan fingerprint density at radius 1 is 0.800 bits per heavy atom. The fourth-order valence-corrected chi connectivity index (χ4v) is 2.59. The molecule has 0 aliphatic heterocycles. The Morgan fingerprint density at radius 2 is 1.20 bits per heavy atom. The molecule has 0 bridgehead atoms. The second kappa shape index (κ2) is 6.80. The Morgan fingerprint density at radius 3 is 1.60 bits per heavy atom. The molecule has 3 nitrogen and oxygen atoms in total. The van der Waals surface area contributed by atoms with Crippen molar-refractivity contribution in [3.63, 3.8) is 0 Å². The van der Waals surface area contributed by atoms with E-state index in [-0.39, 0.29) is 5.56 Å². The summed E-state index contributed by atoms with van der Waals surface area (Å²) >= 11 is 0. The van der Waals surface area contributed by atoms with E-state index in [1.54, 1.807) is 6.92 Å². The molecule has 168 valence electrons. The SMILES string of the molecule is CCc1ccc(C=NNC(=O)C2(F)C(F)(F)C(F)(F)C(F)(F)C(F)(F)C2(F)F)cc1. The zero-order chi connectivity index (χ0) is 23.4. The van der Waals surface area contributed by atoms with Crippen molar-refractivity contribution >= 4 is 12.1 Å². The van der Waals surface area contributed by atoms with Gasteiger partial charge < -0.3 is 0 Å². The van der Waals surface area contributed by atoms with Crippen LogP contribution in [0.1, 0.15) is 18.1 Å². The van der Waals surface area contributed by atoms with E-state index in [1.807, 2.05) is 0 Å². The number of hydrogen-bond acceptors (Lipinski definition) is 2. The minimum atomic E-state index is -7.38. The first-order valence-electron chi connectivity index (χ1n) is 7.94. The number of alkyl halides is 11. The average molecular weight is 456 g/mol. The standard InChI is InChI=1S/C16H11F11N2O/c1-2-8-3-5-9(6-4-8)7-28-29-10(30)11(17)12(18,19)14(22,23)16(26,27)15(24,25)13(11,20)21/h3-7H,2H2,1H3,(H,29,30). The van der Waals surface area contributed by atoms with Gasteiger partial charge in [-0.3, -0.25) is 4.79 Å². The minimum absolute atomic E-state index is 0.0739. The quantitative estimate of drug-likeness (QED) is 0.402. The summed E-state index contributed by atoms with van der Waals surface area (Å²) in [7, 11) is 0. The van der Waals surface area contributed by atoms with Gasteiger partial charge >= 0.3 is 35.3 Å². The smallest absolute Gasteiger partial charge is 0.269 e. The van der Waals surface area contributed by atoms with Gasteiger partial charge in [0, 0.05) is 0 Å². The number of hydrazone groups is 1. The molecular weight excluding hydrogens is 445 g/mol. The lowest BCUT2D eigenvalue weighted by molar-refractivity contribution is -0.476. The van der Waals surface area contributed by atoms with Crippen LogP contribution in [-0.2, 0) is 11.2 Å². The van der Waals surface area contributed by atoms with Crippen molar-refractivity contribution in [1.82, 2.24) is 5.43 Å². The molecule has 0 aromatic heterocycles. The third-order valence-corrected chi connectivity index (χ3v) is 4.52. The summed E-state index contributed by atoms with van der Waals surface area (Å²) in [6.07, 6.45) is 1.15. The first-order valence-corrected chi connectivity index (χ1v) is 7.94. The molecule has 1 aliphatic rings. The van der Waals surface area contributed by atoms with Crippen molar-refractivity contribution < 1.29 is 53.1 Å². The average Bonchev–Trinajstić information content (AvgIpc) is 2.66. The molecule has 1 saturated carbocycles. The summed E-state index contributed by atoms with van der Waals surface area (Å²) in [6, 6.07) is 5.64. The fourth-order valence-electron chi connectivity index (χ4n) is 2.59. The van der Waals surface area contributed by atoms with E-state index >= 15 is 0 Å². The Kier molecular flexibility index (Phi) is 5.41. The maximum atomic E-state index is 14.4. The topological polar surface area (TPSA) is 41.5 Å². The van der Waals surface area contributed by atoms with Crippen molar-refractivity contribution in [2.24, 2.45) is 5.10 Å². The number of benzene rings is 1. The highest BCUT2D eigenvalue weighted by Gasteiger charge is 3.02. The number of rotatable bonds is 4. The molecule has 1 N–H and O–H groups in total. The summed E-state index contributed by atoms with van der Waals surface area (Å²) in [5.41, 5.74) is -5.23. The van der Waals surface area contributed by atoms with Crippen molar-refractivity contribution in [3.05, 3.63) is 35.4 Å². The second-order valence-corrected chi connectivity index (χ2v) is 6.32. The Hall–Kier alpha value is -2.41. The van der Waals surface area contributed by atoms with Crippen LogP contribution in [0.2, 0.25) is 0 Å². The monoisotopic (exact) mass is 456 g/mol. The van der Waals surface area contributed by atoms with Crippen LogP contribution in [0, 0.1) is 0 Å². The molecule has 0 heterocycles. The third kappa shape index (κ3) is 2.71. The van der Waals surface area contributed by atoms with E-state index in [1.165, 1.54) is 24.3 Å². The summed E-state index contributed by atoms with van der Waals surface area (Å²) in [5.74, 6) is -40.0. The zero-order valence-corrected chi connectivity index (χ0v) is 14.6. The number of aryl methyl sites for hydroxylation is 1. The van der Waals surface area contributed by atoms with Crippen LogP contribution in [0.15, 0.2) is 29.4 Å². The molecule has 1 amide bonds. The number of nitrogens with zero attached hydrogens (tertiary/aromatic N) is 1. The van der Waals surface area contributed by atoms with Gasteiger partial charge in [-0.05, 0) is 17.5 Å². The molecule has 1 aromatic rings. The van der Waals surface area contributed by atoms with Gasteiger partial charge in [0.05, 0.1) is 6.21 Å². The first-order chi connectivity index (χ1) is 13.4. The van der Waals surface area contributed by atoms with E-state index in [0.29, 0.717) is 18.1 Å². The van der Waals surface area contributed by atoms with Crippen molar-refractivity contribution in [2.45, 2.75) is 48.6 Å². The lowest BCUT2D eigenvalue weighted by atomic mass is 9.72. The van der Waals surface area contributed by atoms with E-state index in [0.717, 1.165) is 5.56 Å². The minimum Gasteiger partial charge on any atom is -0.269 e. The summed E-state index contributed by atoms with van der Waals surface area (Å²) < 4.78 is 149. The molecular formula is C16H11F11N2O. The molecule has 0 saturated heterocycles. The highest BCUT2D eigenvalue weighted by Crippen LogP contribution is 2.69. The summed E-state index contributed by atoms with van der Waals surface area (Å²) in [4.78, 5) is 11.6. The molecule has 1 fully saturated rings. The molecule has 0 spiro atoms. The van der Waals surface area contributed by atoms with Gasteiger partial charge in [0.25, 0.3) is 5.91 Å². The number of amides is 1. The van der Waals surface area contributed by atoms with E-state index in [9.17, 15) is 53.1 Å². The lowest BCUT2D eigenvalue weighted by Crippen LogP contribution is -2.86. The highest BCUT2D eigenvalue weighted by molar-refractivity contribution is 5.90. The van der Waals surface area contributed by atoms with Crippen LogP contribution >= 0.6 is 0 Å². The van der Waals surface area contributed by atoms with Crippen molar-refractivity contribution in [1.29, 1.82) is 0 Å². The molecule has 0 atom stereocenters. The second-order valence-electron chi connectivity index (χ2n) is 6.32. The van der Waals surface area contributed by atoms with Crippen LogP contribution in [0.5, 0.6) is 0 Å². The number of carbonyl (C=O) groups excluding carboxylic acids is 1. The van der Waals surface area contributed by atoms with Gasteiger partial charge in [0.1, 0.15) is 0 Å². The van der Waals surface area contributed by atoms with Gasteiger partial charge in [-0.1, -0.05) is 31.2 Å². The van der Waals surface area contributed by atoms with Gasteiger partial charge in [-0.2, -0.15) is 49.0 Å². The Labute approximate surface area is 160 Å². The Balaban J connectivity index is 2.45. The van der Waals surface area contributed by atoms with Crippen LogP contribution in [0.25, 0.3) is 0 Å². The fraction of sp³-hybridized carbons (Fsp3) is 0.500. The predicted octanol–water partition coefficient (Wildman–Crippen LogP) is 4.60. The summed E-state index contributed by atoms with van der Waals surface area (Å²) in [6.45, 7) is 1.78. The molecule has 2 rings (SSSR count). The van der Waals surface area contributed by atoms with Crippen molar-refractivity contribution in [2.75, 3.05) is 0 Å². The first kappa shape index (κ1) is 23.9.